The molecular weight excluding hydrogens is 350 g/mol. The number of rotatable bonds is 6. The van der Waals surface area contributed by atoms with Crippen LogP contribution in [0.5, 0.6) is 11.5 Å². The summed E-state index contributed by atoms with van der Waals surface area (Å²) < 4.78 is 34.7. The van der Waals surface area contributed by atoms with Gasteiger partial charge in [-0.25, -0.2) is 8.42 Å². The molecule has 0 bridgehead atoms. The Kier molecular flexibility index (Phi) is 5.41. The highest BCUT2D eigenvalue weighted by Crippen LogP contribution is 2.41. The molecule has 2 aromatic carbocycles. The Balaban J connectivity index is 1.71. The molecule has 1 atom stereocenters. The summed E-state index contributed by atoms with van der Waals surface area (Å²) in [4.78, 5) is 2.56. The zero-order valence-electron chi connectivity index (χ0n) is 15.4. The van der Waals surface area contributed by atoms with Gasteiger partial charge in [0.25, 0.3) is 0 Å². The maximum atomic E-state index is 11.7. The van der Waals surface area contributed by atoms with Gasteiger partial charge < -0.3 is 14.4 Å². The topological polar surface area (TPSA) is 55.8 Å². The highest BCUT2D eigenvalue weighted by atomic mass is 32.2. The molecule has 0 aromatic heterocycles. The van der Waals surface area contributed by atoms with Crippen molar-refractivity contribution in [3.05, 3.63) is 48.0 Å². The van der Waals surface area contributed by atoms with E-state index in [1.807, 2.05) is 12.1 Å². The van der Waals surface area contributed by atoms with Gasteiger partial charge in [0.2, 0.25) is 0 Å². The van der Waals surface area contributed by atoms with Crippen molar-refractivity contribution in [2.45, 2.75) is 24.2 Å². The predicted molar refractivity (Wildman–Crippen MR) is 103 cm³/mol. The van der Waals surface area contributed by atoms with Gasteiger partial charge in [-0.2, -0.15) is 0 Å². The van der Waals surface area contributed by atoms with Crippen LogP contribution >= 0.6 is 0 Å². The van der Waals surface area contributed by atoms with Crippen molar-refractivity contribution in [1.82, 2.24) is 0 Å². The van der Waals surface area contributed by atoms with E-state index in [0.29, 0.717) is 24.8 Å². The summed E-state index contributed by atoms with van der Waals surface area (Å²) in [5.74, 6) is 1.95. The van der Waals surface area contributed by atoms with Gasteiger partial charge >= 0.3 is 0 Å². The molecule has 0 unspecified atom stereocenters. The highest BCUT2D eigenvalue weighted by Gasteiger charge is 2.25. The maximum Gasteiger partial charge on any atom is 0.175 e. The summed E-state index contributed by atoms with van der Waals surface area (Å²) in [6, 6.07) is 12.8. The predicted octanol–water partition coefficient (Wildman–Crippen LogP) is 3.49. The molecule has 3 rings (SSSR count). The number of hydrogen-bond acceptors (Lipinski definition) is 5. The van der Waals surface area contributed by atoms with Crippen molar-refractivity contribution in [2.24, 2.45) is 0 Å². The summed E-state index contributed by atoms with van der Waals surface area (Å²) in [6.07, 6.45) is 2.29. The standard InChI is InChI=1S/C20H25NO4S/c1-15-10-11-21(20-18(15)8-5-9-19(20)24-2)12-13-25-16-6-4-7-17(14-16)26(3,22)23/h4-9,14-15H,10-13H2,1-3H3/t15-/m0/s1. The Morgan fingerprint density at radius 2 is 1.96 bits per heavy atom. The SMILES string of the molecule is COc1cccc2c1N(CCOc1cccc(S(C)(=O)=O)c1)CC[C@@H]2C. The molecule has 2 aromatic rings. The summed E-state index contributed by atoms with van der Waals surface area (Å²) >= 11 is 0. The van der Waals surface area contributed by atoms with Crippen LogP contribution in [0.2, 0.25) is 0 Å². The van der Waals surface area contributed by atoms with Crippen molar-refractivity contribution < 1.29 is 17.9 Å². The zero-order valence-corrected chi connectivity index (χ0v) is 16.3. The van der Waals surface area contributed by atoms with E-state index in [0.717, 1.165) is 24.4 Å². The number of ether oxygens (including phenoxy) is 2. The number of para-hydroxylation sites is 1. The fraction of sp³-hybridized carbons (Fsp3) is 0.400. The van der Waals surface area contributed by atoms with E-state index >= 15 is 0 Å². The Labute approximate surface area is 155 Å². The van der Waals surface area contributed by atoms with E-state index in [4.69, 9.17) is 9.47 Å². The molecule has 0 N–H and O–H groups in total. The highest BCUT2D eigenvalue weighted by molar-refractivity contribution is 7.90. The Morgan fingerprint density at radius 1 is 1.19 bits per heavy atom. The lowest BCUT2D eigenvalue weighted by Crippen LogP contribution is -2.34. The molecule has 0 spiro atoms. The van der Waals surface area contributed by atoms with Gasteiger partial charge in [-0.1, -0.05) is 25.1 Å². The van der Waals surface area contributed by atoms with Crippen LogP contribution in [-0.2, 0) is 9.84 Å². The van der Waals surface area contributed by atoms with Crippen molar-refractivity contribution in [1.29, 1.82) is 0 Å². The van der Waals surface area contributed by atoms with E-state index < -0.39 is 9.84 Å². The van der Waals surface area contributed by atoms with Gasteiger partial charge in [0.1, 0.15) is 18.1 Å². The van der Waals surface area contributed by atoms with E-state index in [1.165, 1.54) is 11.8 Å². The first-order valence-corrected chi connectivity index (χ1v) is 10.6. The van der Waals surface area contributed by atoms with Gasteiger partial charge in [-0.3, -0.25) is 0 Å². The maximum absolute atomic E-state index is 11.7. The van der Waals surface area contributed by atoms with Crippen LogP contribution in [0.25, 0.3) is 0 Å². The normalized spacial score (nSPS) is 16.9. The quantitative estimate of drug-likeness (QED) is 0.774. The number of hydrogen-bond donors (Lipinski definition) is 0. The van der Waals surface area contributed by atoms with Crippen molar-refractivity contribution >= 4 is 15.5 Å². The Bertz CT molecular complexity index is 879. The zero-order chi connectivity index (χ0) is 18.7. The molecule has 1 aliphatic heterocycles. The second-order valence-electron chi connectivity index (χ2n) is 6.67. The smallest absolute Gasteiger partial charge is 0.175 e. The monoisotopic (exact) mass is 375 g/mol. The fourth-order valence-corrected chi connectivity index (χ4v) is 4.00. The second-order valence-corrected chi connectivity index (χ2v) is 8.69. The van der Waals surface area contributed by atoms with Crippen LogP contribution in [0.3, 0.4) is 0 Å². The number of nitrogens with zero attached hydrogens (tertiary/aromatic N) is 1. The molecule has 0 fully saturated rings. The number of methoxy groups -OCH3 is 1. The molecular formula is C20H25NO4S. The van der Waals surface area contributed by atoms with Gasteiger partial charge in [0.05, 0.1) is 24.2 Å². The van der Waals surface area contributed by atoms with E-state index in [-0.39, 0.29) is 4.90 Å². The number of sulfone groups is 1. The number of benzene rings is 2. The van der Waals surface area contributed by atoms with Crippen LogP contribution < -0.4 is 14.4 Å². The minimum Gasteiger partial charge on any atom is -0.495 e. The number of fused-ring (bicyclic) bond motifs is 1. The lowest BCUT2D eigenvalue weighted by Gasteiger charge is -2.35. The molecule has 5 nitrogen and oxygen atoms in total. The van der Waals surface area contributed by atoms with Crippen LogP contribution in [-0.4, -0.2) is 41.5 Å². The van der Waals surface area contributed by atoms with Gasteiger partial charge in [-0.05, 0) is 42.2 Å². The largest absolute Gasteiger partial charge is 0.495 e. The Morgan fingerprint density at radius 3 is 2.69 bits per heavy atom. The third-order valence-corrected chi connectivity index (χ3v) is 5.90. The summed E-state index contributed by atoms with van der Waals surface area (Å²) in [5, 5.41) is 0. The van der Waals surface area contributed by atoms with Crippen LogP contribution in [0.1, 0.15) is 24.8 Å². The molecule has 6 heteroatoms. The molecule has 1 aliphatic rings. The molecule has 0 amide bonds. The minimum atomic E-state index is -3.23. The molecule has 26 heavy (non-hydrogen) atoms. The van der Waals surface area contributed by atoms with Crippen LogP contribution in [0.15, 0.2) is 47.4 Å². The first kappa shape index (κ1) is 18.6. The second kappa shape index (κ2) is 7.58. The first-order chi connectivity index (χ1) is 12.4. The van der Waals surface area contributed by atoms with Crippen molar-refractivity contribution in [3.63, 3.8) is 0 Å². The summed E-state index contributed by atoms with van der Waals surface area (Å²) in [5.41, 5.74) is 2.44. The lowest BCUT2D eigenvalue weighted by atomic mass is 9.91. The molecule has 0 saturated heterocycles. The number of anilines is 1. The van der Waals surface area contributed by atoms with E-state index in [9.17, 15) is 8.42 Å². The molecule has 0 aliphatic carbocycles. The molecule has 1 heterocycles. The average molecular weight is 375 g/mol. The van der Waals surface area contributed by atoms with Crippen molar-refractivity contribution in [2.75, 3.05) is 38.0 Å². The molecule has 0 saturated carbocycles. The third kappa shape index (κ3) is 3.96. The average Bonchev–Trinajstić information content (AvgIpc) is 2.63. The summed E-state index contributed by atoms with van der Waals surface area (Å²) in [6.45, 7) is 4.37. The van der Waals surface area contributed by atoms with Gasteiger partial charge in [0, 0.05) is 12.8 Å². The summed E-state index contributed by atoms with van der Waals surface area (Å²) in [7, 11) is -1.54. The Hall–Kier alpha value is -2.21. The van der Waals surface area contributed by atoms with Gasteiger partial charge in [-0.15, -0.1) is 0 Å². The lowest BCUT2D eigenvalue weighted by molar-refractivity contribution is 0.320. The van der Waals surface area contributed by atoms with E-state index in [2.05, 4.69) is 17.9 Å². The fourth-order valence-electron chi connectivity index (χ4n) is 3.35. The first-order valence-electron chi connectivity index (χ1n) is 8.75. The van der Waals surface area contributed by atoms with E-state index in [1.54, 1.807) is 31.4 Å². The van der Waals surface area contributed by atoms with Crippen LogP contribution in [0.4, 0.5) is 5.69 Å². The van der Waals surface area contributed by atoms with Crippen molar-refractivity contribution in [3.8, 4) is 11.5 Å². The third-order valence-electron chi connectivity index (χ3n) is 4.79. The van der Waals surface area contributed by atoms with Gasteiger partial charge in [0.15, 0.2) is 9.84 Å². The molecule has 140 valence electrons. The minimum absolute atomic E-state index is 0.272. The molecule has 0 radical (unpaired) electrons. The van der Waals surface area contributed by atoms with Crippen LogP contribution in [0, 0.1) is 0 Å².